The number of nitrogens with zero attached hydrogens (tertiary/aromatic N) is 1. The predicted octanol–water partition coefficient (Wildman–Crippen LogP) is 2.29. The van der Waals surface area contributed by atoms with E-state index in [1.165, 1.54) is 6.21 Å². The van der Waals surface area contributed by atoms with Crippen molar-refractivity contribution in [1.29, 1.82) is 0 Å². The highest BCUT2D eigenvalue weighted by Gasteiger charge is 2.04. The topological polar surface area (TPSA) is 51.0 Å². The Bertz CT molecular complexity index is 337. The first-order valence-electron chi connectivity index (χ1n) is 4.88. The highest BCUT2D eigenvalue weighted by Crippen LogP contribution is 2.27. The highest BCUT2D eigenvalue weighted by molar-refractivity contribution is 5.80. The van der Waals surface area contributed by atoms with Crippen molar-refractivity contribution in [2.75, 3.05) is 13.2 Å². The maximum absolute atomic E-state index is 8.41. The zero-order valence-electron chi connectivity index (χ0n) is 8.93. The van der Waals surface area contributed by atoms with Gasteiger partial charge in [0.2, 0.25) is 0 Å². The Balaban J connectivity index is 2.97. The van der Waals surface area contributed by atoms with Crippen LogP contribution in [0.4, 0.5) is 0 Å². The van der Waals surface area contributed by atoms with Crippen molar-refractivity contribution in [3.63, 3.8) is 0 Å². The van der Waals surface area contributed by atoms with Gasteiger partial charge in [-0.15, -0.1) is 0 Å². The van der Waals surface area contributed by atoms with Gasteiger partial charge in [0.15, 0.2) is 11.5 Å². The summed E-state index contributed by atoms with van der Waals surface area (Å²) in [4.78, 5) is 0. The molecule has 1 aromatic rings. The van der Waals surface area contributed by atoms with Crippen molar-refractivity contribution in [3.8, 4) is 11.5 Å². The average molecular weight is 209 g/mol. The minimum absolute atomic E-state index is 0.569. The van der Waals surface area contributed by atoms with Gasteiger partial charge in [-0.3, -0.25) is 0 Å². The van der Waals surface area contributed by atoms with E-state index in [1.807, 2.05) is 13.8 Å². The molecule has 0 aromatic heterocycles. The standard InChI is InChI=1S/C11H15NO3/c1-3-14-10-6-5-9(8-12-13)7-11(10)15-4-2/h5-8,13H,3-4H2,1-2H3. The van der Waals surface area contributed by atoms with Crippen molar-refractivity contribution in [3.05, 3.63) is 23.8 Å². The molecular weight excluding hydrogens is 194 g/mol. The molecule has 0 spiro atoms. The van der Waals surface area contributed by atoms with Gasteiger partial charge in [0.25, 0.3) is 0 Å². The summed E-state index contributed by atoms with van der Waals surface area (Å²) in [5.74, 6) is 1.37. The number of benzene rings is 1. The number of hydrogen-bond donors (Lipinski definition) is 1. The SMILES string of the molecule is CCOc1ccc(C=NO)cc1OCC. The molecule has 1 aromatic carbocycles. The maximum Gasteiger partial charge on any atom is 0.161 e. The molecule has 82 valence electrons. The van der Waals surface area contributed by atoms with Gasteiger partial charge in [0.1, 0.15) is 0 Å². The molecular formula is C11H15NO3. The van der Waals surface area contributed by atoms with Crippen LogP contribution in [-0.2, 0) is 0 Å². The molecule has 0 heterocycles. The number of ether oxygens (including phenoxy) is 2. The first-order chi connectivity index (χ1) is 7.31. The van der Waals surface area contributed by atoms with Gasteiger partial charge in [-0.25, -0.2) is 0 Å². The lowest BCUT2D eigenvalue weighted by atomic mass is 10.2. The van der Waals surface area contributed by atoms with Crippen molar-refractivity contribution in [2.45, 2.75) is 13.8 Å². The van der Waals surface area contributed by atoms with E-state index in [1.54, 1.807) is 18.2 Å². The van der Waals surface area contributed by atoms with Crippen LogP contribution in [0.3, 0.4) is 0 Å². The van der Waals surface area contributed by atoms with E-state index in [0.29, 0.717) is 24.7 Å². The molecule has 0 aliphatic carbocycles. The van der Waals surface area contributed by atoms with Crippen molar-refractivity contribution < 1.29 is 14.7 Å². The van der Waals surface area contributed by atoms with Gasteiger partial charge in [0.05, 0.1) is 19.4 Å². The maximum atomic E-state index is 8.41. The van der Waals surface area contributed by atoms with Crippen molar-refractivity contribution in [1.82, 2.24) is 0 Å². The molecule has 0 saturated heterocycles. The number of rotatable bonds is 5. The van der Waals surface area contributed by atoms with E-state index in [-0.39, 0.29) is 0 Å². The fraction of sp³-hybridized carbons (Fsp3) is 0.364. The zero-order chi connectivity index (χ0) is 11.1. The summed E-state index contributed by atoms with van der Waals surface area (Å²) in [6.07, 6.45) is 1.35. The van der Waals surface area contributed by atoms with Crippen molar-refractivity contribution in [2.24, 2.45) is 5.16 Å². The minimum Gasteiger partial charge on any atom is -0.490 e. The van der Waals surface area contributed by atoms with E-state index < -0.39 is 0 Å². The molecule has 0 aliphatic heterocycles. The largest absolute Gasteiger partial charge is 0.490 e. The Labute approximate surface area is 89.1 Å². The van der Waals surface area contributed by atoms with Gasteiger partial charge in [-0.2, -0.15) is 0 Å². The van der Waals surface area contributed by atoms with Gasteiger partial charge >= 0.3 is 0 Å². The molecule has 1 N–H and O–H groups in total. The Hall–Kier alpha value is -1.71. The van der Waals surface area contributed by atoms with Gasteiger partial charge in [-0.05, 0) is 32.0 Å². The molecule has 0 fully saturated rings. The first-order valence-corrected chi connectivity index (χ1v) is 4.88. The Kier molecular flexibility index (Phi) is 4.47. The summed E-state index contributed by atoms with van der Waals surface area (Å²) in [6, 6.07) is 5.37. The summed E-state index contributed by atoms with van der Waals surface area (Å²) in [6.45, 7) is 4.98. The van der Waals surface area contributed by atoms with Crippen LogP contribution in [-0.4, -0.2) is 24.6 Å². The first kappa shape index (κ1) is 11.4. The summed E-state index contributed by atoms with van der Waals surface area (Å²) < 4.78 is 10.8. The quantitative estimate of drug-likeness (QED) is 0.460. The molecule has 4 nitrogen and oxygen atoms in total. The van der Waals surface area contributed by atoms with Gasteiger partial charge < -0.3 is 14.7 Å². The normalized spacial score (nSPS) is 10.5. The van der Waals surface area contributed by atoms with E-state index in [4.69, 9.17) is 14.7 Å². The molecule has 0 radical (unpaired) electrons. The van der Waals surface area contributed by atoms with E-state index in [2.05, 4.69) is 5.16 Å². The second kappa shape index (κ2) is 5.90. The fourth-order valence-corrected chi connectivity index (χ4v) is 1.21. The molecule has 0 amide bonds. The Morgan fingerprint density at radius 2 is 1.87 bits per heavy atom. The third kappa shape index (κ3) is 3.16. The smallest absolute Gasteiger partial charge is 0.161 e. The van der Waals surface area contributed by atoms with Crippen LogP contribution < -0.4 is 9.47 Å². The van der Waals surface area contributed by atoms with Gasteiger partial charge in [-0.1, -0.05) is 5.16 Å². The van der Waals surface area contributed by atoms with Crippen LogP contribution in [0.2, 0.25) is 0 Å². The Morgan fingerprint density at radius 3 is 2.47 bits per heavy atom. The summed E-state index contributed by atoms with van der Waals surface area (Å²) in [5, 5.41) is 11.4. The second-order valence-electron chi connectivity index (χ2n) is 2.82. The number of oxime groups is 1. The van der Waals surface area contributed by atoms with Crippen LogP contribution in [0.25, 0.3) is 0 Å². The van der Waals surface area contributed by atoms with Crippen molar-refractivity contribution >= 4 is 6.21 Å². The average Bonchev–Trinajstić information content (AvgIpc) is 2.23. The van der Waals surface area contributed by atoms with E-state index in [9.17, 15) is 0 Å². The van der Waals surface area contributed by atoms with Crippen LogP contribution >= 0.6 is 0 Å². The molecule has 15 heavy (non-hydrogen) atoms. The second-order valence-corrected chi connectivity index (χ2v) is 2.82. The fourth-order valence-electron chi connectivity index (χ4n) is 1.21. The monoisotopic (exact) mass is 209 g/mol. The van der Waals surface area contributed by atoms with Crippen LogP contribution in [0.1, 0.15) is 19.4 Å². The van der Waals surface area contributed by atoms with E-state index in [0.717, 1.165) is 5.56 Å². The third-order valence-corrected chi connectivity index (χ3v) is 1.77. The molecule has 0 aliphatic rings. The van der Waals surface area contributed by atoms with E-state index >= 15 is 0 Å². The molecule has 0 bridgehead atoms. The summed E-state index contributed by atoms with van der Waals surface area (Å²) in [7, 11) is 0. The van der Waals surface area contributed by atoms with Gasteiger partial charge in [0, 0.05) is 5.56 Å². The molecule has 4 heteroatoms. The van der Waals surface area contributed by atoms with Crippen LogP contribution in [0, 0.1) is 0 Å². The number of hydrogen-bond acceptors (Lipinski definition) is 4. The lowest BCUT2D eigenvalue weighted by Gasteiger charge is -2.10. The van der Waals surface area contributed by atoms with Crippen LogP contribution in [0.15, 0.2) is 23.4 Å². The summed E-state index contributed by atoms with van der Waals surface area (Å²) in [5.41, 5.74) is 0.768. The molecule has 1 rings (SSSR count). The zero-order valence-corrected chi connectivity index (χ0v) is 8.93. The summed E-state index contributed by atoms with van der Waals surface area (Å²) >= 11 is 0. The molecule has 0 unspecified atom stereocenters. The third-order valence-electron chi connectivity index (χ3n) is 1.77. The lowest BCUT2D eigenvalue weighted by molar-refractivity contribution is 0.287. The Morgan fingerprint density at radius 1 is 1.20 bits per heavy atom. The minimum atomic E-state index is 0.569. The molecule has 0 saturated carbocycles. The van der Waals surface area contributed by atoms with Crippen LogP contribution in [0.5, 0.6) is 11.5 Å². The highest BCUT2D eigenvalue weighted by atomic mass is 16.5. The molecule has 0 atom stereocenters. The predicted molar refractivity (Wildman–Crippen MR) is 58.2 cm³/mol. The lowest BCUT2D eigenvalue weighted by Crippen LogP contribution is -1.99.